The summed E-state index contributed by atoms with van der Waals surface area (Å²) in [7, 11) is 1.68. The lowest BCUT2D eigenvalue weighted by atomic mass is 9.79. The van der Waals surface area contributed by atoms with Crippen LogP contribution in [0.5, 0.6) is 46.0 Å². The number of nitrogens with zero attached hydrogens (tertiary/aromatic N) is 1. The summed E-state index contributed by atoms with van der Waals surface area (Å²) in [6.07, 6.45) is -0.940. The number of carbonyl (C=O) groups is 1. The minimum Gasteiger partial charge on any atom is -0.508 e. The molecule has 4 unspecified atom stereocenters. The van der Waals surface area contributed by atoms with E-state index < -0.39 is 41.0 Å². The van der Waals surface area contributed by atoms with Gasteiger partial charge in [0, 0.05) is 34.6 Å². The number of phenolic OH excluding ortho intramolecular Hbond substituents is 6. The molecule has 0 radical (unpaired) electrons. The predicted molar refractivity (Wildman–Crippen MR) is 223 cm³/mol. The molecule has 15 heteroatoms. The molecule has 0 aromatic heterocycles. The van der Waals surface area contributed by atoms with Crippen LogP contribution in [0.2, 0.25) is 0 Å². The second kappa shape index (κ2) is 16.0. The number of hydrogen-bond donors (Lipinski definition) is 9. The molecule has 0 amide bonds. The van der Waals surface area contributed by atoms with Crippen molar-refractivity contribution in [1.82, 2.24) is 10.2 Å². The smallest absolute Gasteiger partial charge is 0.323 e. The van der Waals surface area contributed by atoms with Gasteiger partial charge in [0.05, 0.1) is 22.9 Å². The summed E-state index contributed by atoms with van der Waals surface area (Å²) in [6.45, 7) is 3.28. The summed E-state index contributed by atoms with van der Waals surface area (Å²) in [5.41, 5.74) is 11.5. The van der Waals surface area contributed by atoms with E-state index in [9.17, 15) is 40.5 Å². The highest BCUT2D eigenvalue weighted by Gasteiger charge is 2.51. The van der Waals surface area contributed by atoms with Crippen LogP contribution < -0.4 is 20.5 Å². The van der Waals surface area contributed by atoms with Crippen molar-refractivity contribution < 1.29 is 54.8 Å². The number of aliphatic hydroxyl groups is 1. The second-order valence-corrected chi connectivity index (χ2v) is 16.6. The number of nitrogens with two attached hydrogens (primary N) is 1. The Bertz CT molecular complexity index is 2320. The Morgan fingerprint density at radius 3 is 1.93 bits per heavy atom. The number of nitrogens with one attached hydrogen (secondary N) is 1. The van der Waals surface area contributed by atoms with Crippen LogP contribution in [0.4, 0.5) is 0 Å². The number of carbonyl (C=O) groups excluding carboxylic acids is 1. The minimum absolute atomic E-state index is 0.0271. The highest BCUT2D eigenvalue weighted by atomic mass is 32.2. The molecule has 14 nitrogen and oxygen atoms in total. The largest absolute Gasteiger partial charge is 0.508 e. The van der Waals surface area contributed by atoms with Gasteiger partial charge in [-0.2, -0.15) is 0 Å². The molecule has 5 aromatic carbocycles. The van der Waals surface area contributed by atoms with Crippen molar-refractivity contribution >= 4 is 17.7 Å². The standard InChI is InChI=1S/C45H47N3O11S/c1-22-18-24-16-17-48-32(34-35(39(53)23(2)42-43(34)59-21-58-42)40(54)37(48)36(47-3)33(24)41(55)38(22)52)19-57-44(56)31(46)20-60-45(25-4-10-28(49)11-5-25,26-6-12-29(50)13-7-26)27-8-14-30(51)15-9-27/h4-15,18,31-32,36-37,40,47,49-55H,16-17,19-21,46H2,1-3H3/t31?,32-,36?,37?,40?/m0/s1. The molecule has 3 heterocycles. The molecule has 60 heavy (non-hydrogen) atoms. The predicted octanol–water partition coefficient (Wildman–Crippen LogP) is 5.14. The van der Waals surface area contributed by atoms with Crippen LogP contribution in [0.1, 0.15) is 68.3 Å². The summed E-state index contributed by atoms with van der Waals surface area (Å²) < 4.78 is 16.8. The molecular formula is C45H47N3O11S. The fourth-order valence-electron chi connectivity index (χ4n) is 9.08. The molecule has 8 rings (SSSR count). The monoisotopic (exact) mass is 837 g/mol. The first-order chi connectivity index (χ1) is 28.8. The third-order valence-electron chi connectivity index (χ3n) is 12.0. The average molecular weight is 838 g/mol. The highest BCUT2D eigenvalue weighted by molar-refractivity contribution is 8.00. The van der Waals surface area contributed by atoms with Crippen molar-refractivity contribution in [3.63, 3.8) is 0 Å². The van der Waals surface area contributed by atoms with Crippen LogP contribution in [-0.2, 0) is 20.7 Å². The van der Waals surface area contributed by atoms with Crippen LogP contribution in [0.25, 0.3) is 0 Å². The molecule has 5 aromatic rings. The SMILES string of the molecule is CNC1c2c(cc(C)c(O)c2O)CCN2C1C(O)c1c(O)c(C)c3c(c1[C@@H]2COC(=O)C(N)CSC(c1ccc(O)cc1)(c1ccc(O)cc1)c1ccc(O)cc1)OCO3. The zero-order valence-electron chi connectivity index (χ0n) is 33.1. The lowest BCUT2D eigenvalue weighted by Gasteiger charge is -2.47. The number of esters is 1. The van der Waals surface area contributed by atoms with Gasteiger partial charge in [-0.3, -0.25) is 9.69 Å². The number of rotatable bonds is 10. The van der Waals surface area contributed by atoms with Gasteiger partial charge in [-0.05, 0) is 91.5 Å². The number of likely N-dealkylation sites (N-methyl/N-ethyl adjacent to an activating group) is 1. The maximum Gasteiger partial charge on any atom is 0.323 e. The first kappa shape index (κ1) is 40.9. The van der Waals surface area contributed by atoms with E-state index in [2.05, 4.69) is 5.32 Å². The summed E-state index contributed by atoms with van der Waals surface area (Å²) in [4.78, 5) is 16.1. The number of thioether (sulfide) groups is 1. The molecule has 5 atom stereocenters. The highest BCUT2D eigenvalue weighted by Crippen LogP contribution is 2.58. The molecule has 0 saturated carbocycles. The van der Waals surface area contributed by atoms with Crippen LogP contribution >= 0.6 is 11.8 Å². The average Bonchev–Trinajstić information content (AvgIpc) is 3.67. The third-order valence-corrected chi connectivity index (χ3v) is 13.7. The fraction of sp³-hybridized carbons (Fsp3) is 0.311. The van der Waals surface area contributed by atoms with Crippen LogP contribution in [0, 0.1) is 13.8 Å². The Morgan fingerprint density at radius 2 is 1.38 bits per heavy atom. The molecular weight excluding hydrogens is 791 g/mol. The Kier molecular flexibility index (Phi) is 10.9. The van der Waals surface area contributed by atoms with E-state index in [4.69, 9.17) is 19.9 Å². The summed E-state index contributed by atoms with van der Waals surface area (Å²) in [6, 6.07) is 18.2. The fourth-order valence-corrected chi connectivity index (χ4v) is 10.6. The zero-order chi connectivity index (χ0) is 42.6. The van der Waals surface area contributed by atoms with E-state index in [1.165, 1.54) is 11.8 Å². The third kappa shape index (κ3) is 6.76. The van der Waals surface area contributed by atoms with Crippen molar-refractivity contribution in [3.8, 4) is 46.0 Å². The first-order valence-electron chi connectivity index (χ1n) is 19.5. The summed E-state index contributed by atoms with van der Waals surface area (Å²) >= 11 is 1.34. The summed E-state index contributed by atoms with van der Waals surface area (Å²) in [5, 5.41) is 80.0. The Morgan fingerprint density at radius 1 is 0.833 bits per heavy atom. The number of aryl methyl sites for hydroxylation is 1. The van der Waals surface area contributed by atoms with Crippen molar-refractivity contribution in [2.45, 2.75) is 55.3 Å². The lowest BCUT2D eigenvalue weighted by Crippen LogP contribution is -2.53. The van der Waals surface area contributed by atoms with Gasteiger partial charge < -0.3 is 61.0 Å². The van der Waals surface area contributed by atoms with E-state index in [1.54, 1.807) is 93.7 Å². The normalized spacial score (nSPS) is 20.1. The molecule has 0 saturated heterocycles. The minimum atomic E-state index is -1.34. The first-order valence-corrected chi connectivity index (χ1v) is 20.5. The van der Waals surface area contributed by atoms with E-state index in [0.717, 1.165) is 22.3 Å². The van der Waals surface area contributed by atoms with Crippen LogP contribution in [0.3, 0.4) is 0 Å². The van der Waals surface area contributed by atoms with E-state index in [1.807, 2.05) is 11.0 Å². The Balaban J connectivity index is 1.14. The van der Waals surface area contributed by atoms with Gasteiger partial charge in [0.1, 0.15) is 41.8 Å². The zero-order valence-corrected chi connectivity index (χ0v) is 33.9. The quantitative estimate of drug-likeness (QED) is 0.0505. The van der Waals surface area contributed by atoms with Crippen molar-refractivity contribution in [2.75, 3.05) is 32.7 Å². The van der Waals surface area contributed by atoms with Gasteiger partial charge in [0.25, 0.3) is 0 Å². The number of aliphatic hydroxyl groups excluding tert-OH is 1. The van der Waals surface area contributed by atoms with Crippen molar-refractivity contribution in [1.29, 1.82) is 0 Å². The number of aromatic hydroxyl groups is 6. The van der Waals surface area contributed by atoms with E-state index in [-0.39, 0.29) is 59.2 Å². The molecule has 0 spiro atoms. The number of fused-ring (bicyclic) bond motifs is 5. The van der Waals surface area contributed by atoms with Crippen LogP contribution in [-0.4, -0.2) is 91.4 Å². The Labute approximate surface area is 350 Å². The van der Waals surface area contributed by atoms with Gasteiger partial charge in [-0.15, -0.1) is 11.8 Å². The number of hydrogen-bond acceptors (Lipinski definition) is 15. The number of phenols is 6. The maximum absolute atomic E-state index is 14.1. The lowest BCUT2D eigenvalue weighted by molar-refractivity contribution is -0.148. The molecule has 314 valence electrons. The van der Waals surface area contributed by atoms with Gasteiger partial charge in [-0.25, -0.2) is 0 Å². The molecule has 0 aliphatic carbocycles. The van der Waals surface area contributed by atoms with Crippen molar-refractivity contribution in [3.05, 3.63) is 129 Å². The molecule has 0 bridgehead atoms. The number of ether oxygens (including phenoxy) is 3. The number of benzene rings is 5. The molecule has 3 aliphatic rings. The summed E-state index contributed by atoms with van der Waals surface area (Å²) in [5.74, 6) is -0.668. The van der Waals surface area contributed by atoms with Crippen LogP contribution in [0.15, 0.2) is 78.9 Å². The van der Waals surface area contributed by atoms with E-state index >= 15 is 0 Å². The van der Waals surface area contributed by atoms with Crippen molar-refractivity contribution in [2.24, 2.45) is 5.73 Å². The van der Waals surface area contributed by atoms with Gasteiger partial charge >= 0.3 is 5.97 Å². The molecule has 0 fully saturated rings. The van der Waals surface area contributed by atoms with E-state index in [0.29, 0.717) is 46.7 Å². The van der Waals surface area contributed by atoms with Gasteiger partial charge in [-0.1, -0.05) is 42.5 Å². The van der Waals surface area contributed by atoms with Gasteiger partial charge in [0.15, 0.2) is 23.0 Å². The van der Waals surface area contributed by atoms with Gasteiger partial charge in [0.2, 0.25) is 6.79 Å². The topological polar surface area (TPSA) is 228 Å². The molecule has 3 aliphatic heterocycles. The maximum atomic E-state index is 14.1. The Hall–Kier alpha value is -5.84. The second-order valence-electron chi connectivity index (χ2n) is 15.4. The molecule has 10 N–H and O–H groups in total.